The third-order valence-electron chi connectivity index (χ3n) is 9.13. The fourth-order valence-electron chi connectivity index (χ4n) is 5.97. The molecule has 1 aromatic heterocycles. The van der Waals surface area contributed by atoms with E-state index in [0.717, 1.165) is 26.3 Å². The maximum Gasteiger partial charge on any atom is 0.326 e. The minimum atomic E-state index is -1.61. The highest BCUT2D eigenvalue weighted by Gasteiger charge is 2.42. The summed E-state index contributed by atoms with van der Waals surface area (Å²) in [4.78, 5) is 107. The summed E-state index contributed by atoms with van der Waals surface area (Å²) in [7, 11) is 1.32. The molecule has 0 bridgehead atoms. The third kappa shape index (κ3) is 11.6. The van der Waals surface area contributed by atoms with Gasteiger partial charge >= 0.3 is 5.97 Å². The second-order valence-corrected chi connectivity index (χ2v) is 13.6. The van der Waals surface area contributed by atoms with E-state index in [2.05, 4.69) is 38.9 Å². The standard InChI is InChI=1S/C34H49N9O10S/c1-4-17(2)29(41-27(46)13-38-30(48)21(35)9-18-12-37-22-8-6-5-7-20(18)22)33(51)42(3)15-28(47)39-24(16-54)31(49)40-23(11-26(36)45)32(50)43-14-19(44)10-25(43)34(52)53/h5-8,12,17,19,21,23-25,29,37,44,54H,4,9-11,13-16,35H2,1-3H3,(H2,36,45)(H,38,48)(H,39,47)(H,40,49)(H,41,46)(H,52,53)/t17-,19+,21-,23-,24-,25-,29-/m0/s1. The van der Waals surface area contributed by atoms with Crippen LogP contribution in [0.4, 0.5) is 0 Å². The van der Waals surface area contributed by atoms with Crippen molar-refractivity contribution in [1.82, 2.24) is 36.1 Å². The highest BCUT2D eigenvalue weighted by Crippen LogP contribution is 2.21. The molecule has 11 N–H and O–H groups in total. The first-order valence-corrected chi connectivity index (χ1v) is 17.9. The monoisotopic (exact) mass is 775 g/mol. The van der Waals surface area contributed by atoms with Crippen molar-refractivity contribution in [2.24, 2.45) is 17.4 Å². The number of β-amino-alcohol motifs (C(OH)–C–C–N with tert-alkyl or cyclic N) is 1. The molecule has 0 aliphatic carbocycles. The average molecular weight is 776 g/mol. The number of aromatic nitrogens is 1. The van der Waals surface area contributed by atoms with Crippen molar-refractivity contribution in [3.63, 3.8) is 0 Å². The molecule has 19 nitrogen and oxygen atoms in total. The SMILES string of the molecule is CC[C@H](C)[C@H](NC(=O)CNC(=O)[C@@H](N)Cc1c[nH]c2ccccc12)C(=O)N(C)CC(=O)N[C@@H](CS)C(=O)N[C@@H](CC(N)=O)C(=O)N1C[C@H](O)C[C@H]1C(=O)O. The summed E-state index contributed by atoms with van der Waals surface area (Å²) in [5.74, 6) is -7.63. The van der Waals surface area contributed by atoms with Gasteiger partial charge in [0.05, 0.1) is 31.7 Å². The van der Waals surface area contributed by atoms with Crippen molar-refractivity contribution in [3.05, 3.63) is 36.0 Å². The summed E-state index contributed by atoms with van der Waals surface area (Å²) in [6.07, 6.45) is 0.373. The number of hydrogen-bond acceptors (Lipinski definition) is 11. The molecule has 2 heterocycles. The van der Waals surface area contributed by atoms with Gasteiger partial charge in [0.15, 0.2) is 0 Å². The number of carboxylic acid groups (broad SMARTS) is 1. The molecule has 20 heteroatoms. The average Bonchev–Trinajstić information content (AvgIpc) is 3.73. The molecule has 1 fully saturated rings. The number of aliphatic hydroxyl groups excluding tert-OH is 1. The Bertz CT molecular complexity index is 1720. The molecule has 1 aliphatic heterocycles. The number of primary amides is 1. The van der Waals surface area contributed by atoms with Crippen LogP contribution in [0, 0.1) is 5.92 Å². The highest BCUT2D eigenvalue weighted by molar-refractivity contribution is 7.80. The lowest BCUT2D eigenvalue weighted by atomic mass is 9.97. The number of carboxylic acids is 1. The predicted octanol–water partition coefficient (Wildman–Crippen LogP) is -3.04. The van der Waals surface area contributed by atoms with Crippen LogP contribution in [0.15, 0.2) is 30.5 Å². The molecular formula is C34H49N9O10S. The number of carbonyl (C=O) groups excluding carboxylic acids is 7. The first-order valence-electron chi connectivity index (χ1n) is 17.3. The highest BCUT2D eigenvalue weighted by atomic mass is 32.1. The fourth-order valence-corrected chi connectivity index (χ4v) is 6.22. The lowest BCUT2D eigenvalue weighted by molar-refractivity contribution is -0.149. The molecule has 1 aliphatic rings. The van der Waals surface area contributed by atoms with Crippen LogP contribution in [0.3, 0.4) is 0 Å². The molecule has 0 saturated carbocycles. The number of amides is 7. The fraction of sp³-hybridized carbons (Fsp3) is 0.529. The van der Waals surface area contributed by atoms with Gasteiger partial charge in [-0.2, -0.15) is 12.6 Å². The number of nitrogens with two attached hydrogens (primary N) is 2. The summed E-state index contributed by atoms with van der Waals surface area (Å²) in [5, 5.41) is 30.1. The van der Waals surface area contributed by atoms with E-state index in [1.54, 1.807) is 20.0 Å². The summed E-state index contributed by atoms with van der Waals surface area (Å²) in [6, 6.07) is 1.14. The van der Waals surface area contributed by atoms with Gasteiger partial charge in [-0.3, -0.25) is 33.6 Å². The van der Waals surface area contributed by atoms with Gasteiger partial charge in [0.1, 0.15) is 24.2 Å². The molecule has 7 atom stereocenters. The zero-order valence-corrected chi connectivity index (χ0v) is 31.1. The Kier molecular flexibility index (Phi) is 15.8. The van der Waals surface area contributed by atoms with E-state index in [-0.39, 0.29) is 31.1 Å². The number of nitrogens with one attached hydrogen (secondary N) is 5. The van der Waals surface area contributed by atoms with Gasteiger partial charge in [-0.15, -0.1) is 0 Å². The summed E-state index contributed by atoms with van der Waals surface area (Å²) >= 11 is 4.10. The second kappa shape index (κ2) is 19.7. The molecule has 0 unspecified atom stereocenters. The Hall–Kier alpha value is -5.21. The lowest BCUT2D eigenvalue weighted by Crippen LogP contribution is -2.58. The topological polar surface area (TPSA) is 299 Å². The normalized spacial score (nSPS) is 18.1. The number of aromatic amines is 1. The largest absolute Gasteiger partial charge is 0.480 e. The van der Waals surface area contributed by atoms with Gasteiger partial charge in [0, 0.05) is 42.9 Å². The number of aliphatic carboxylic acids is 1. The number of nitrogens with zero attached hydrogens (tertiary/aromatic N) is 2. The van der Waals surface area contributed by atoms with Gasteiger partial charge in [-0.1, -0.05) is 38.5 Å². The van der Waals surface area contributed by atoms with Crippen LogP contribution in [-0.2, 0) is 44.8 Å². The number of H-pyrrole nitrogens is 1. The molecule has 1 aromatic carbocycles. The molecular weight excluding hydrogens is 726 g/mol. The van der Waals surface area contributed by atoms with Gasteiger partial charge in [-0.25, -0.2) is 4.79 Å². The van der Waals surface area contributed by atoms with Crippen molar-refractivity contribution >= 4 is 70.9 Å². The second-order valence-electron chi connectivity index (χ2n) is 13.3. The number of para-hydroxylation sites is 1. The van der Waals surface area contributed by atoms with E-state index in [1.807, 2.05) is 24.3 Å². The van der Waals surface area contributed by atoms with Gasteiger partial charge in [0.2, 0.25) is 41.4 Å². The summed E-state index contributed by atoms with van der Waals surface area (Å²) in [5.41, 5.74) is 13.1. The number of benzene rings is 1. The van der Waals surface area contributed by atoms with Crippen LogP contribution in [-0.4, -0.2) is 141 Å². The molecule has 3 rings (SSSR count). The molecule has 2 aromatic rings. The van der Waals surface area contributed by atoms with E-state index in [9.17, 15) is 48.6 Å². The maximum absolute atomic E-state index is 13.5. The van der Waals surface area contributed by atoms with E-state index in [0.29, 0.717) is 6.42 Å². The van der Waals surface area contributed by atoms with Crippen LogP contribution >= 0.6 is 12.6 Å². The van der Waals surface area contributed by atoms with Crippen molar-refractivity contribution in [1.29, 1.82) is 0 Å². The Morgan fingerprint density at radius 2 is 1.72 bits per heavy atom. The first-order chi connectivity index (χ1) is 25.5. The summed E-state index contributed by atoms with van der Waals surface area (Å²) < 4.78 is 0. The number of carbonyl (C=O) groups is 8. The van der Waals surface area contributed by atoms with Crippen LogP contribution < -0.4 is 32.7 Å². The molecule has 7 amide bonds. The van der Waals surface area contributed by atoms with Gasteiger partial charge in [0.25, 0.3) is 0 Å². The molecule has 296 valence electrons. The number of rotatable bonds is 19. The van der Waals surface area contributed by atoms with E-state index >= 15 is 0 Å². The van der Waals surface area contributed by atoms with Crippen molar-refractivity contribution in [2.75, 3.05) is 32.4 Å². The van der Waals surface area contributed by atoms with Gasteiger partial charge < -0.3 is 57.7 Å². The van der Waals surface area contributed by atoms with Gasteiger partial charge in [-0.05, 0) is 24.0 Å². The number of hydrogen-bond donors (Lipinski definition) is 10. The minimum absolute atomic E-state index is 0.219. The minimum Gasteiger partial charge on any atom is -0.480 e. The van der Waals surface area contributed by atoms with Crippen molar-refractivity contribution in [2.45, 2.75) is 75.8 Å². The summed E-state index contributed by atoms with van der Waals surface area (Å²) in [6.45, 7) is 2.15. The van der Waals surface area contributed by atoms with E-state index in [4.69, 9.17) is 11.5 Å². The molecule has 0 spiro atoms. The first kappa shape index (κ1) is 43.2. The Labute approximate surface area is 316 Å². The maximum atomic E-state index is 13.5. The van der Waals surface area contributed by atoms with Crippen molar-refractivity contribution in [3.8, 4) is 0 Å². The number of likely N-dealkylation sites (N-methyl/N-ethyl adjacent to an activating group) is 1. The Balaban J connectivity index is 1.56. The Morgan fingerprint density at radius 3 is 2.35 bits per heavy atom. The van der Waals surface area contributed by atoms with Crippen LogP contribution in [0.25, 0.3) is 10.9 Å². The zero-order valence-electron chi connectivity index (χ0n) is 30.2. The molecule has 54 heavy (non-hydrogen) atoms. The number of aliphatic hydroxyl groups is 1. The number of likely N-dealkylation sites (tertiary alicyclic amines) is 1. The number of thiol groups is 1. The number of fused-ring (bicyclic) bond motifs is 1. The van der Waals surface area contributed by atoms with E-state index in [1.165, 1.54) is 7.05 Å². The third-order valence-corrected chi connectivity index (χ3v) is 9.49. The van der Waals surface area contributed by atoms with Crippen LogP contribution in [0.2, 0.25) is 0 Å². The van der Waals surface area contributed by atoms with Crippen molar-refractivity contribution < 1.29 is 48.6 Å². The molecule has 1 saturated heterocycles. The predicted molar refractivity (Wildman–Crippen MR) is 197 cm³/mol. The van der Waals surface area contributed by atoms with Crippen LogP contribution in [0.5, 0.6) is 0 Å². The van der Waals surface area contributed by atoms with E-state index < -0.39 is 103 Å². The van der Waals surface area contributed by atoms with Crippen LogP contribution in [0.1, 0.15) is 38.7 Å². The molecule has 0 radical (unpaired) electrons. The smallest absolute Gasteiger partial charge is 0.326 e. The zero-order chi connectivity index (χ0) is 40.3. The lowest BCUT2D eigenvalue weighted by Gasteiger charge is -2.29. The quantitative estimate of drug-likeness (QED) is 0.0640. The Morgan fingerprint density at radius 1 is 1.04 bits per heavy atom.